The Morgan fingerprint density at radius 3 is 2.04 bits per heavy atom. The summed E-state index contributed by atoms with van der Waals surface area (Å²) in [7, 11) is 6.30. The van der Waals surface area contributed by atoms with Crippen molar-refractivity contribution >= 4 is 34.0 Å². The molecular formula is C18H18ClN3O4. The van der Waals surface area contributed by atoms with Gasteiger partial charge in [-0.3, -0.25) is 0 Å². The third kappa shape index (κ3) is 3.39. The summed E-state index contributed by atoms with van der Waals surface area (Å²) in [5.74, 6) is 2.90. The Morgan fingerprint density at radius 2 is 1.38 bits per heavy atom. The first kappa shape index (κ1) is 17.9. The molecule has 0 unspecified atom stereocenters. The highest BCUT2D eigenvalue weighted by Gasteiger charge is 2.14. The smallest absolute Gasteiger partial charge is 0.224 e. The van der Waals surface area contributed by atoms with Gasteiger partial charge in [-0.15, -0.1) is 0 Å². The Labute approximate surface area is 155 Å². The SMILES string of the molecule is COc1ccc(Nc2nc(Cl)nc3cc(OC)c(OC)cc23)cc1OC. The molecule has 26 heavy (non-hydrogen) atoms. The van der Waals surface area contributed by atoms with Gasteiger partial charge in [-0.05, 0) is 29.8 Å². The zero-order valence-corrected chi connectivity index (χ0v) is 15.5. The van der Waals surface area contributed by atoms with Crippen LogP contribution in [0.3, 0.4) is 0 Å². The van der Waals surface area contributed by atoms with Gasteiger partial charge < -0.3 is 24.3 Å². The van der Waals surface area contributed by atoms with Crippen LogP contribution in [0.2, 0.25) is 5.28 Å². The molecule has 1 N–H and O–H groups in total. The van der Waals surface area contributed by atoms with Crippen molar-refractivity contribution in [1.29, 1.82) is 0 Å². The first-order chi connectivity index (χ1) is 12.6. The van der Waals surface area contributed by atoms with E-state index in [1.165, 1.54) is 0 Å². The van der Waals surface area contributed by atoms with Crippen molar-refractivity contribution in [3.8, 4) is 23.0 Å². The van der Waals surface area contributed by atoms with Crippen LogP contribution in [-0.2, 0) is 0 Å². The molecule has 3 aromatic rings. The van der Waals surface area contributed by atoms with Crippen LogP contribution < -0.4 is 24.3 Å². The average molecular weight is 376 g/mol. The van der Waals surface area contributed by atoms with E-state index in [1.54, 1.807) is 52.7 Å². The minimum absolute atomic E-state index is 0.118. The topological polar surface area (TPSA) is 74.7 Å². The summed E-state index contributed by atoms with van der Waals surface area (Å²) in [6.07, 6.45) is 0. The molecular weight excluding hydrogens is 358 g/mol. The van der Waals surface area contributed by atoms with Crippen LogP contribution >= 0.6 is 11.6 Å². The highest BCUT2D eigenvalue weighted by Crippen LogP contribution is 2.36. The van der Waals surface area contributed by atoms with Crippen LogP contribution in [-0.4, -0.2) is 38.4 Å². The van der Waals surface area contributed by atoms with E-state index < -0.39 is 0 Å². The number of anilines is 2. The highest BCUT2D eigenvalue weighted by molar-refractivity contribution is 6.28. The molecule has 0 atom stereocenters. The fourth-order valence-corrected chi connectivity index (χ4v) is 2.75. The van der Waals surface area contributed by atoms with Crippen LogP contribution in [0, 0.1) is 0 Å². The molecule has 0 aliphatic carbocycles. The lowest BCUT2D eigenvalue weighted by Crippen LogP contribution is -2.00. The number of fused-ring (bicyclic) bond motifs is 1. The Hall–Kier alpha value is -2.93. The van der Waals surface area contributed by atoms with Crippen LogP contribution in [0.25, 0.3) is 10.9 Å². The van der Waals surface area contributed by atoms with E-state index in [0.717, 1.165) is 11.1 Å². The maximum atomic E-state index is 6.09. The summed E-state index contributed by atoms with van der Waals surface area (Å²) in [6.45, 7) is 0. The number of rotatable bonds is 6. The molecule has 8 heteroatoms. The summed E-state index contributed by atoms with van der Waals surface area (Å²) in [5, 5.41) is 4.09. The van der Waals surface area contributed by atoms with Gasteiger partial charge in [0.05, 0.1) is 34.0 Å². The van der Waals surface area contributed by atoms with Crippen molar-refractivity contribution < 1.29 is 18.9 Å². The van der Waals surface area contributed by atoms with E-state index in [0.29, 0.717) is 34.3 Å². The van der Waals surface area contributed by atoms with Crippen LogP contribution in [0.15, 0.2) is 30.3 Å². The number of hydrogen-bond donors (Lipinski definition) is 1. The minimum atomic E-state index is 0.118. The van der Waals surface area contributed by atoms with Crippen molar-refractivity contribution in [3.05, 3.63) is 35.6 Å². The molecule has 7 nitrogen and oxygen atoms in total. The van der Waals surface area contributed by atoms with Gasteiger partial charge in [0.2, 0.25) is 5.28 Å². The first-order valence-electron chi connectivity index (χ1n) is 7.68. The standard InChI is InChI=1S/C18H18ClN3O4/c1-23-13-6-5-10(7-14(13)24-2)20-17-11-8-15(25-3)16(26-4)9-12(11)21-18(19)22-17/h5-9H,1-4H3,(H,20,21,22). The molecule has 2 aromatic carbocycles. The van der Waals surface area contributed by atoms with E-state index in [1.807, 2.05) is 6.07 Å². The lowest BCUT2D eigenvalue weighted by molar-refractivity contribution is 0.355. The number of hydrogen-bond acceptors (Lipinski definition) is 7. The van der Waals surface area contributed by atoms with Crippen LogP contribution in [0.5, 0.6) is 23.0 Å². The molecule has 0 aliphatic rings. The van der Waals surface area contributed by atoms with Crippen LogP contribution in [0.4, 0.5) is 11.5 Å². The van der Waals surface area contributed by atoms with Gasteiger partial charge in [0.15, 0.2) is 23.0 Å². The van der Waals surface area contributed by atoms with Gasteiger partial charge in [0.1, 0.15) is 5.82 Å². The largest absolute Gasteiger partial charge is 0.493 e. The normalized spacial score (nSPS) is 10.5. The molecule has 1 aromatic heterocycles. The summed E-state index contributed by atoms with van der Waals surface area (Å²) >= 11 is 6.09. The third-order valence-corrected chi connectivity index (χ3v) is 3.99. The molecule has 1 heterocycles. The average Bonchev–Trinajstić information content (AvgIpc) is 2.66. The van der Waals surface area contributed by atoms with Crippen molar-refractivity contribution in [2.45, 2.75) is 0 Å². The number of methoxy groups -OCH3 is 4. The van der Waals surface area contributed by atoms with Gasteiger partial charge >= 0.3 is 0 Å². The van der Waals surface area contributed by atoms with Crippen molar-refractivity contribution in [2.75, 3.05) is 33.8 Å². The number of ether oxygens (including phenoxy) is 4. The molecule has 136 valence electrons. The molecule has 0 spiro atoms. The predicted octanol–water partition coefficient (Wildman–Crippen LogP) is 4.06. The maximum absolute atomic E-state index is 6.09. The number of nitrogens with zero attached hydrogens (tertiary/aromatic N) is 2. The second kappa shape index (κ2) is 7.53. The Bertz CT molecular complexity index is 949. The monoisotopic (exact) mass is 375 g/mol. The molecule has 0 bridgehead atoms. The molecule has 3 rings (SSSR count). The Balaban J connectivity index is 2.09. The van der Waals surface area contributed by atoms with Gasteiger partial charge in [0.25, 0.3) is 0 Å². The van der Waals surface area contributed by atoms with Crippen molar-refractivity contribution in [3.63, 3.8) is 0 Å². The Morgan fingerprint density at radius 1 is 0.769 bits per heavy atom. The summed E-state index contributed by atoms with van der Waals surface area (Å²) in [5.41, 5.74) is 1.39. The molecule has 0 aliphatic heterocycles. The molecule has 0 radical (unpaired) electrons. The Kier molecular flexibility index (Phi) is 5.18. The second-order valence-corrected chi connectivity index (χ2v) is 5.60. The third-order valence-electron chi connectivity index (χ3n) is 3.82. The predicted molar refractivity (Wildman–Crippen MR) is 100 cm³/mol. The fraction of sp³-hybridized carbons (Fsp3) is 0.222. The van der Waals surface area contributed by atoms with Crippen molar-refractivity contribution in [1.82, 2.24) is 9.97 Å². The van der Waals surface area contributed by atoms with Crippen LogP contribution in [0.1, 0.15) is 0 Å². The zero-order chi connectivity index (χ0) is 18.7. The molecule has 0 amide bonds. The van der Waals surface area contributed by atoms with Gasteiger partial charge in [-0.2, -0.15) is 4.98 Å². The summed E-state index contributed by atoms with van der Waals surface area (Å²) in [4.78, 5) is 8.56. The molecule has 0 saturated carbocycles. The van der Waals surface area contributed by atoms with Crippen molar-refractivity contribution in [2.24, 2.45) is 0 Å². The summed E-state index contributed by atoms with van der Waals surface area (Å²) in [6, 6.07) is 9.01. The maximum Gasteiger partial charge on any atom is 0.224 e. The van der Waals surface area contributed by atoms with E-state index >= 15 is 0 Å². The highest BCUT2D eigenvalue weighted by atomic mass is 35.5. The minimum Gasteiger partial charge on any atom is -0.493 e. The van der Waals surface area contributed by atoms with E-state index in [9.17, 15) is 0 Å². The summed E-state index contributed by atoms with van der Waals surface area (Å²) < 4.78 is 21.3. The molecule has 0 fully saturated rings. The fourth-order valence-electron chi connectivity index (χ4n) is 2.57. The quantitative estimate of drug-likeness (QED) is 0.651. The van der Waals surface area contributed by atoms with Gasteiger partial charge in [-0.1, -0.05) is 0 Å². The lowest BCUT2D eigenvalue weighted by Gasteiger charge is -2.14. The second-order valence-electron chi connectivity index (χ2n) is 5.26. The molecule has 0 saturated heterocycles. The van der Waals surface area contributed by atoms with Gasteiger partial charge in [-0.25, -0.2) is 4.98 Å². The van der Waals surface area contributed by atoms with E-state index in [-0.39, 0.29) is 5.28 Å². The number of halogens is 1. The zero-order valence-electron chi connectivity index (χ0n) is 14.8. The number of benzene rings is 2. The van der Waals surface area contributed by atoms with Gasteiger partial charge in [0, 0.05) is 23.2 Å². The number of aromatic nitrogens is 2. The number of nitrogens with one attached hydrogen (secondary N) is 1. The van der Waals surface area contributed by atoms with E-state index in [2.05, 4.69) is 15.3 Å². The van der Waals surface area contributed by atoms with E-state index in [4.69, 9.17) is 30.5 Å². The lowest BCUT2D eigenvalue weighted by atomic mass is 10.2. The first-order valence-corrected chi connectivity index (χ1v) is 8.05.